The molecule has 0 amide bonds. The van der Waals surface area contributed by atoms with E-state index >= 15 is 0 Å². The van der Waals surface area contributed by atoms with Crippen molar-refractivity contribution in [2.24, 2.45) is 4.99 Å². The number of nitrogens with zero attached hydrogens (tertiary/aromatic N) is 3. The Hall–Kier alpha value is -2.54. The zero-order chi connectivity index (χ0) is 21.2. The molecule has 164 valence electrons. The Morgan fingerprint density at radius 1 is 1.13 bits per heavy atom. The van der Waals surface area contributed by atoms with Crippen molar-refractivity contribution in [3.63, 3.8) is 0 Å². The number of aliphatic imine (C=N–C) groups is 1. The summed E-state index contributed by atoms with van der Waals surface area (Å²) in [5.74, 6) is 1.81. The highest BCUT2D eigenvalue weighted by Gasteiger charge is 2.24. The highest BCUT2D eigenvalue weighted by atomic mass is 16.3. The molecule has 30 heavy (non-hydrogen) atoms. The minimum atomic E-state index is 0.0714. The van der Waals surface area contributed by atoms with Crippen molar-refractivity contribution in [3.8, 4) is 0 Å². The second-order valence-corrected chi connectivity index (χ2v) is 7.87. The van der Waals surface area contributed by atoms with Gasteiger partial charge in [0, 0.05) is 38.4 Å². The first kappa shape index (κ1) is 22.2. The second kappa shape index (κ2) is 11.6. The third-order valence-electron chi connectivity index (χ3n) is 5.76. The summed E-state index contributed by atoms with van der Waals surface area (Å²) in [5, 5.41) is 6.85. The molecule has 0 bridgehead atoms. The molecule has 1 aliphatic heterocycles. The molecule has 3 rings (SSSR count). The molecule has 2 aromatic heterocycles. The van der Waals surface area contributed by atoms with Crippen LogP contribution in [0.2, 0.25) is 0 Å². The lowest BCUT2D eigenvalue weighted by Crippen LogP contribution is -2.44. The van der Waals surface area contributed by atoms with Crippen LogP contribution in [0.25, 0.3) is 0 Å². The van der Waals surface area contributed by atoms with Crippen LogP contribution in [-0.4, -0.2) is 48.7 Å². The monoisotopic (exact) mass is 413 g/mol. The molecule has 1 atom stereocenters. The van der Waals surface area contributed by atoms with Gasteiger partial charge in [0.1, 0.15) is 5.76 Å². The minimum absolute atomic E-state index is 0.0714. The van der Waals surface area contributed by atoms with Gasteiger partial charge in [-0.2, -0.15) is 0 Å². The topological polar surface area (TPSA) is 74.8 Å². The van der Waals surface area contributed by atoms with Crippen LogP contribution in [0.5, 0.6) is 0 Å². The van der Waals surface area contributed by atoms with E-state index in [4.69, 9.17) is 4.42 Å². The molecule has 1 fully saturated rings. The molecule has 2 N–H and O–H groups in total. The number of hydrogen-bond donors (Lipinski definition) is 2. The summed E-state index contributed by atoms with van der Waals surface area (Å²) in [6, 6.07) is 9.64. The largest absolute Gasteiger partial charge is 0.468 e. The first-order valence-corrected chi connectivity index (χ1v) is 11.1. The predicted molar refractivity (Wildman–Crippen MR) is 121 cm³/mol. The smallest absolute Gasteiger partial charge is 0.250 e. The van der Waals surface area contributed by atoms with Crippen LogP contribution in [0.1, 0.15) is 49.6 Å². The summed E-state index contributed by atoms with van der Waals surface area (Å²) in [6.07, 6.45) is 7.46. The van der Waals surface area contributed by atoms with Gasteiger partial charge in [0.05, 0.1) is 12.3 Å². The van der Waals surface area contributed by atoms with Crippen molar-refractivity contribution < 1.29 is 4.42 Å². The Labute approximate surface area is 179 Å². The molecule has 1 saturated heterocycles. The van der Waals surface area contributed by atoms with Crippen LogP contribution in [0.4, 0.5) is 0 Å². The Kier molecular flexibility index (Phi) is 8.56. The van der Waals surface area contributed by atoms with Crippen LogP contribution in [0.15, 0.2) is 50.8 Å². The van der Waals surface area contributed by atoms with Gasteiger partial charge in [0.2, 0.25) is 0 Å². The maximum Gasteiger partial charge on any atom is 0.250 e. The minimum Gasteiger partial charge on any atom is -0.468 e. The number of likely N-dealkylation sites (tertiary alicyclic amines) is 1. The van der Waals surface area contributed by atoms with E-state index in [2.05, 4.69) is 26.6 Å². The number of aromatic nitrogens is 1. The summed E-state index contributed by atoms with van der Waals surface area (Å²) in [5.41, 5.74) is 1.08. The fourth-order valence-corrected chi connectivity index (χ4v) is 4.05. The summed E-state index contributed by atoms with van der Waals surface area (Å²) in [7, 11) is 1.80. The van der Waals surface area contributed by atoms with E-state index in [0.717, 1.165) is 63.0 Å². The van der Waals surface area contributed by atoms with Crippen molar-refractivity contribution >= 4 is 5.96 Å². The first-order valence-electron chi connectivity index (χ1n) is 11.1. The number of hydrogen-bond acceptors (Lipinski definition) is 4. The van der Waals surface area contributed by atoms with Gasteiger partial charge in [-0.05, 0) is 63.9 Å². The number of piperidine rings is 1. The van der Waals surface area contributed by atoms with Crippen molar-refractivity contribution in [2.75, 3.05) is 33.2 Å². The number of guanidine groups is 1. The molecule has 3 heterocycles. The molecule has 1 aliphatic rings. The van der Waals surface area contributed by atoms with Gasteiger partial charge in [-0.15, -0.1) is 0 Å². The first-order chi connectivity index (χ1) is 14.7. The Balaban J connectivity index is 1.43. The highest BCUT2D eigenvalue weighted by Crippen LogP contribution is 2.24. The fraction of sp³-hybridized carbons (Fsp3) is 0.565. The predicted octanol–water partition coefficient (Wildman–Crippen LogP) is 2.92. The van der Waals surface area contributed by atoms with E-state index in [1.165, 1.54) is 19.3 Å². The summed E-state index contributed by atoms with van der Waals surface area (Å²) >= 11 is 0. The average molecular weight is 414 g/mol. The quantitative estimate of drug-likeness (QED) is 0.376. The molecule has 0 radical (unpaired) electrons. The Morgan fingerprint density at radius 3 is 2.67 bits per heavy atom. The van der Waals surface area contributed by atoms with Crippen molar-refractivity contribution in [1.29, 1.82) is 0 Å². The number of nitrogens with one attached hydrogen (secondary N) is 2. The van der Waals surface area contributed by atoms with Gasteiger partial charge in [-0.1, -0.05) is 12.5 Å². The third-order valence-corrected chi connectivity index (χ3v) is 5.76. The lowest BCUT2D eigenvalue weighted by atomic mass is 10.1. The number of furan rings is 1. The Bertz CT molecular complexity index is 838. The molecule has 0 aliphatic carbocycles. The van der Waals surface area contributed by atoms with Gasteiger partial charge in [0.15, 0.2) is 5.96 Å². The number of rotatable bonds is 9. The normalized spacial score (nSPS) is 16.4. The van der Waals surface area contributed by atoms with Gasteiger partial charge < -0.3 is 19.6 Å². The maximum absolute atomic E-state index is 11.9. The molecule has 1 unspecified atom stereocenters. The molecular weight excluding hydrogens is 378 g/mol. The van der Waals surface area contributed by atoms with E-state index in [-0.39, 0.29) is 11.6 Å². The van der Waals surface area contributed by atoms with E-state index in [0.29, 0.717) is 0 Å². The summed E-state index contributed by atoms with van der Waals surface area (Å²) in [4.78, 5) is 18.8. The second-order valence-electron chi connectivity index (χ2n) is 7.87. The lowest BCUT2D eigenvalue weighted by molar-refractivity contribution is 0.146. The molecular formula is C23H35N5O2. The van der Waals surface area contributed by atoms with Crippen LogP contribution >= 0.6 is 0 Å². The zero-order valence-corrected chi connectivity index (χ0v) is 18.3. The van der Waals surface area contributed by atoms with Crippen molar-refractivity contribution in [1.82, 2.24) is 20.1 Å². The molecule has 2 aromatic rings. The highest BCUT2D eigenvalue weighted by molar-refractivity contribution is 5.79. The molecule has 7 nitrogen and oxygen atoms in total. The van der Waals surface area contributed by atoms with Crippen LogP contribution in [0.3, 0.4) is 0 Å². The van der Waals surface area contributed by atoms with Gasteiger partial charge >= 0.3 is 0 Å². The maximum atomic E-state index is 11.9. The zero-order valence-electron chi connectivity index (χ0n) is 18.3. The molecule has 0 saturated carbocycles. The van der Waals surface area contributed by atoms with Crippen LogP contribution in [-0.2, 0) is 6.54 Å². The van der Waals surface area contributed by atoms with Crippen LogP contribution < -0.4 is 16.2 Å². The SMILES string of the molecule is CN=C(NCCCCn1c(C)cccc1=O)NCC(c1ccco1)N1CCCCC1. The van der Waals surface area contributed by atoms with Gasteiger partial charge in [0.25, 0.3) is 5.56 Å². The number of unbranched alkanes of at least 4 members (excludes halogenated alkanes) is 1. The van der Waals surface area contributed by atoms with E-state index in [9.17, 15) is 4.79 Å². The van der Waals surface area contributed by atoms with E-state index < -0.39 is 0 Å². The summed E-state index contributed by atoms with van der Waals surface area (Å²) in [6.45, 7) is 6.51. The average Bonchev–Trinajstić information content (AvgIpc) is 3.29. The summed E-state index contributed by atoms with van der Waals surface area (Å²) < 4.78 is 7.55. The standard InChI is InChI=1S/C23H35N5O2/c1-19-10-8-12-22(29)28(19)16-7-4-13-25-23(24-2)26-18-20(21-11-9-17-30-21)27-14-5-3-6-15-27/h8-12,17,20H,3-7,13-16,18H2,1-2H3,(H2,24,25,26). The van der Waals surface area contributed by atoms with Crippen LogP contribution in [0, 0.1) is 6.92 Å². The lowest BCUT2D eigenvalue weighted by Gasteiger charge is -2.33. The molecule has 0 aromatic carbocycles. The van der Waals surface area contributed by atoms with Gasteiger partial charge in [-0.3, -0.25) is 14.7 Å². The molecule has 7 heteroatoms. The van der Waals surface area contributed by atoms with Crippen molar-refractivity contribution in [2.45, 2.75) is 51.6 Å². The number of pyridine rings is 1. The van der Waals surface area contributed by atoms with Crippen molar-refractivity contribution in [3.05, 3.63) is 58.4 Å². The number of aryl methyl sites for hydroxylation is 1. The van der Waals surface area contributed by atoms with Gasteiger partial charge in [-0.25, -0.2) is 0 Å². The van der Waals surface area contributed by atoms with E-state index in [1.54, 1.807) is 19.4 Å². The molecule has 0 spiro atoms. The van der Waals surface area contributed by atoms with E-state index in [1.807, 2.05) is 29.7 Å². The third kappa shape index (κ3) is 6.23. The fourth-order valence-electron chi connectivity index (χ4n) is 4.05. The Morgan fingerprint density at radius 2 is 1.97 bits per heavy atom.